The smallest absolute Gasteiger partial charge is 0.417 e. The molecule has 9 heteroatoms. The first-order valence-electron chi connectivity index (χ1n) is 13.9. The van der Waals surface area contributed by atoms with Gasteiger partial charge in [0.2, 0.25) is 0 Å². The molecule has 0 radical (unpaired) electrons. The van der Waals surface area contributed by atoms with Crippen LogP contribution in [-0.4, -0.2) is 29.2 Å². The average Bonchev–Trinajstić information content (AvgIpc) is 2.96. The second-order valence-corrected chi connectivity index (χ2v) is 12.0. The van der Waals surface area contributed by atoms with Crippen molar-refractivity contribution in [3.05, 3.63) is 112 Å². The van der Waals surface area contributed by atoms with Crippen molar-refractivity contribution < 1.29 is 23.0 Å². The van der Waals surface area contributed by atoms with Crippen LogP contribution in [0.4, 0.5) is 13.2 Å². The van der Waals surface area contributed by atoms with Gasteiger partial charge in [-0.3, -0.25) is 4.90 Å². The van der Waals surface area contributed by atoms with Gasteiger partial charge in [0, 0.05) is 29.9 Å². The van der Waals surface area contributed by atoms with Crippen LogP contribution < -0.4 is 10.0 Å². The number of aliphatic hydroxyl groups is 1. The third kappa shape index (κ3) is 8.42. The van der Waals surface area contributed by atoms with Crippen LogP contribution >= 0.6 is 33.5 Å². The van der Waals surface area contributed by atoms with E-state index in [1.165, 1.54) is 11.6 Å². The van der Waals surface area contributed by atoms with E-state index in [9.17, 15) is 18.3 Å². The van der Waals surface area contributed by atoms with Crippen molar-refractivity contribution in [1.82, 2.24) is 4.90 Å². The minimum atomic E-state index is -4.53. The predicted octanol–water partition coefficient (Wildman–Crippen LogP) is 8.36. The summed E-state index contributed by atoms with van der Waals surface area (Å²) in [6, 6.07) is 17.9. The minimum Gasteiger partial charge on any atom is -0.493 e. The van der Waals surface area contributed by atoms with E-state index < -0.39 is 11.7 Å². The zero-order chi connectivity index (χ0) is 30.3. The highest BCUT2D eigenvalue weighted by Crippen LogP contribution is 2.37. The molecule has 0 bridgehead atoms. The zero-order valence-corrected chi connectivity index (χ0v) is 26.3. The van der Waals surface area contributed by atoms with Gasteiger partial charge in [-0.2, -0.15) is 13.2 Å². The molecule has 3 aromatic carbocycles. The van der Waals surface area contributed by atoms with E-state index in [1.54, 1.807) is 12.1 Å². The summed E-state index contributed by atoms with van der Waals surface area (Å²) in [6.07, 6.45) is 4.64. The highest BCUT2D eigenvalue weighted by atomic mass is 35.5. The van der Waals surface area contributed by atoms with Crippen molar-refractivity contribution in [2.75, 3.05) is 13.2 Å². The number of alkyl halides is 3. The fourth-order valence-electron chi connectivity index (χ4n) is 5.19. The van der Waals surface area contributed by atoms with Gasteiger partial charge in [-0.05, 0) is 72.0 Å². The lowest BCUT2D eigenvalue weighted by Gasteiger charge is -2.34. The molecule has 42 heavy (non-hydrogen) atoms. The maximum atomic E-state index is 13.7. The van der Waals surface area contributed by atoms with Gasteiger partial charge in [0.1, 0.15) is 5.75 Å². The summed E-state index contributed by atoms with van der Waals surface area (Å²) in [5.41, 5.74) is 2.70. The maximum Gasteiger partial charge on any atom is 0.417 e. The van der Waals surface area contributed by atoms with Crippen molar-refractivity contribution in [1.29, 1.82) is 0 Å². The highest BCUT2D eigenvalue weighted by Gasteiger charge is 2.34. The summed E-state index contributed by atoms with van der Waals surface area (Å²) in [5.74, 6) is 0.676. The van der Waals surface area contributed by atoms with E-state index in [4.69, 9.17) is 16.3 Å². The Morgan fingerprint density at radius 2 is 1.86 bits per heavy atom. The van der Waals surface area contributed by atoms with Crippen LogP contribution in [0.25, 0.3) is 0 Å². The van der Waals surface area contributed by atoms with Crippen LogP contribution in [0.2, 0.25) is 5.02 Å². The summed E-state index contributed by atoms with van der Waals surface area (Å²) >= 11 is 10.8. The maximum absolute atomic E-state index is 13.7. The van der Waals surface area contributed by atoms with Gasteiger partial charge in [-0.25, -0.2) is 0 Å². The largest absolute Gasteiger partial charge is 0.493 e. The van der Waals surface area contributed by atoms with Crippen molar-refractivity contribution in [2.45, 2.75) is 62.4 Å². The molecule has 0 spiro atoms. The Bertz CT molecular complexity index is 1390. The molecule has 3 aromatic rings. The number of hydrogen-bond donors (Lipinski definition) is 2. The number of nitrogens with zero attached hydrogens (tertiary/aromatic N) is 1. The van der Waals surface area contributed by atoms with E-state index in [1.807, 2.05) is 24.3 Å². The molecule has 3 nitrogen and oxygen atoms in total. The standard InChI is InChI=1S/C33H36ClF3NO2PS/c1-22(15-16-40-26-17-30(41)28(21-39)31(42)18-26)38(19-25-13-8-14-29(32(25)34)33(35,36)37)20-27(23-9-4-2-5-10-23)24-11-6-3-7-12-24/h2,4-6,8-14,17-18,22,27,39,42H,3,7,15-16,19-21,41H2,1H3. The number of benzene rings is 3. The summed E-state index contributed by atoms with van der Waals surface area (Å²) < 4.78 is 47.1. The molecule has 3 unspecified atom stereocenters. The molecule has 1 aliphatic rings. The first-order chi connectivity index (χ1) is 20.1. The lowest BCUT2D eigenvalue weighted by molar-refractivity contribution is -0.137. The van der Waals surface area contributed by atoms with Gasteiger partial charge < -0.3 is 9.84 Å². The molecule has 0 fully saturated rings. The highest BCUT2D eigenvalue weighted by molar-refractivity contribution is 7.80. The molecular weight excluding hydrogens is 598 g/mol. The molecule has 0 amide bonds. The first kappa shape index (κ1) is 32.6. The summed E-state index contributed by atoms with van der Waals surface area (Å²) in [4.78, 5) is 2.85. The molecule has 1 aliphatic carbocycles. The topological polar surface area (TPSA) is 32.7 Å². The zero-order valence-electron chi connectivity index (χ0n) is 23.4. The Morgan fingerprint density at radius 3 is 2.50 bits per heavy atom. The quantitative estimate of drug-likeness (QED) is 0.155. The number of thiol groups is 1. The molecule has 0 saturated heterocycles. The first-order valence-corrected chi connectivity index (χ1v) is 15.3. The van der Waals surface area contributed by atoms with Gasteiger partial charge in [-0.15, -0.1) is 21.9 Å². The van der Waals surface area contributed by atoms with Gasteiger partial charge in [0.05, 0.1) is 23.8 Å². The fourth-order valence-corrected chi connectivity index (χ4v) is 6.34. The third-order valence-corrected chi connectivity index (χ3v) is 8.98. The normalized spacial score (nSPS) is 15.0. The summed E-state index contributed by atoms with van der Waals surface area (Å²) in [6.45, 7) is 3.19. The molecule has 0 aromatic heterocycles. The molecule has 1 N–H and O–H groups in total. The van der Waals surface area contributed by atoms with Crippen molar-refractivity contribution in [3.8, 4) is 5.75 Å². The van der Waals surface area contributed by atoms with Crippen molar-refractivity contribution in [2.24, 2.45) is 0 Å². The van der Waals surface area contributed by atoms with Gasteiger partial charge >= 0.3 is 6.18 Å². The number of halogens is 4. The Kier molecular flexibility index (Phi) is 11.6. The molecule has 0 aliphatic heterocycles. The van der Waals surface area contributed by atoms with Crippen LogP contribution in [0.5, 0.6) is 5.75 Å². The molecule has 224 valence electrons. The summed E-state index contributed by atoms with van der Waals surface area (Å²) in [7, 11) is 2.59. The van der Waals surface area contributed by atoms with E-state index in [-0.39, 0.29) is 30.1 Å². The Balaban J connectivity index is 1.60. The van der Waals surface area contributed by atoms with E-state index >= 15 is 0 Å². The number of rotatable bonds is 12. The van der Waals surface area contributed by atoms with Crippen molar-refractivity contribution >= 4 is 38.8 Å². The predicted molar refractivity (Wildman–Crippen MR) is 171 cm³/mol. The summed E-state index contributed by atoms with van der Waals surface area (Å²) in [5, 5.41) is 10.1. The fraction of sp³-hybridized carbons (Fsp3) is 0.333. The molecule has 4 rings (SSSR count). The second kappa shape index (κ2) is 14.9. The number of allylic oxidation sites excluding steroid dienone is 3. The Hall–Kier alpha value is -2.28. The molecule has 0 saturated carbocycles. The SMILES string of the molecule is CC(CCOc1cc(P)c(CO)c(S)c1)N(Cc1cccc(C(F)(F)F)c1Cl)CC(C1=CCCC=C1)c1ccccc1. The van der Waals surface area contributed by atoms with E-state index in [0.29, 0.717) is 35.8 Å². The molecular formula is C33H36ClF3NO2PS. The third-order valence-electron chi connectivity index (χ3n) is 7.62. The van der Waals surface area contributed by atoms with Crippen LogP contribution in [0.1, 0.15) is 54.4 Å². The van der Waals surface area contributed by atoms with Crippen LogP contribution in [-0.2, 0) is 19.3 Å². The average molecular weight is 634 g/mol. The number of aliphatic hydroxyl groups excluding tert-OH is 1. The van der Waals surface area contributed by atoms with Crippen LogP contribution in [0.15, 0.2) is 89.4 Å². The van der Waals surface area contributed by atoms with Gasteiger partial charge in [0.15, 0.2) is 0 Å². The van der Waals surface area contributed by atoms with E-state index in [0.717, 1.165) is 35.3 Å². The molecule has 3 atom stereocenters. The minimum absolute atomic E-state index is 0.0353. The second-order valence-electron chi connectivity index (χ2n) is 10.5. The number of ether oxygens (including phenoxy) is 1. The number of hydrogen-bond acceptors (Lipinski definition) is 4. The Morgan fingerprint density at radius 1 is 1.10 bits per heavy atom. The van der Waals surface area contributed by atoms with Gasteiger partial charge in [0.25, 0.3) is 0 Å². The molecule has 0 heterocycles. The Labute approximate surface area is 259 Å². The van der Waals surface area contributed by atoms with Crippen molar-refractivity contribution in [3.63, 3.8) is 0 Å². The van der Waals surface area contributed by atoms with E-state index in [2.05, 4.69) is 64.1 Å². The van der Waals surface area contributed by atoms with Crippen LogP contribution in [0, 0.1) is 0 Å². The van der Waals surface area contributed by atoms with Gasteiger partial charge in [-0.1, -0.05) is 72.3 Å². The lowest BCUT2D eigenvalue weighted by Crippen LogP contribution is -2.37. The van der Waals surface area contributed by atoms with Crippen LogP contribution in [0.3, 0.4) is 0 Å². The monoisotopic (exact) mass is 633 g/mol. The lowest BCUT2D eigenvalue weighted by atomic mass is 9.87.